The largest absolute Gasteiger partial charge is 0.394 e. The molecule has 0 bridgehead atoms. The van der Waals surface area contributed by atoms with Crippen molar-refractivity contribution in [1.82, 2.24) is 10.2 Å². The summed E-state index contributed by atoms with van der Waals surface area (Å²) in [5.41, 5.74) is 0. The van der Waals surface area contributed by atoms with Crippen molar-refractivity contribution in [2.75, 3.05) is 46.0 Å². The molecular formula is C14H30N2O2. The van der Waals surface area contributed by atoms with Gasteiger partial charge in [-0.1, -0.05) is 13.8 Å². The maximum atomic E-state index is 8.57. The molecule has 0 atom stereocenters. The van der Waals surface area contributed by atoms with Gasteiger partial charge < -0.3 is 20.1 Å². The maximum Gasteiger partial charge on any atom is 0.0697 e. The minimum Gasteiger partial charge on any atom is -0.394 e. The molecule has 108 valence electrons. The van der Waals surface area contributed by atoms with Crippen LogP contribution < -0.4 is 5.32 Å². The molecule has 0 aliphatic carbocycles. The fourth-order valence-corrected chi connectivity index (χ4v) is 2.48. The highest BCUT2D eigenvalue weighted by atomic mass is 16.5. The number of ether oxygens (including phenoxy) is 1. The third-order valence-electron chi connectivity index (χ3n) is 3.35. The van der Waals surface area contributed by atoms with E-state index in [0.29, 0.717) is 12.6 Å². The molecule has 0 spiro atoms. The summed E-state index contributed by atoms with van der Waals surface area (Å²) in [6.07, 6.45) is 3.57. The maximum absolute atomic E-state index is 8.57. The number of hydrogen-bond acceptors (Lipinski definition) is 4. The minimum absolute atomic E-state index is 0.127. The predicted octanol–water partition coefficient (Wildman–Crippen LogP) is 1.10. The minimum atomic E-state index is 0.127. The van der Waals surface area contributed by atoms with Crippen molar-refractivity contribution in [3.8, 4) is 0 Å². The van der Waals surface area contributed by atoms with Crippen LogP contribution in [-0.4, -0.2) is 62.0 Å². The third kappa shape index (κ3) is 7.31. The summed E-state index contributed by atoms with van der Waals surface area (Å²) >= 11 is 0. The molecule has 4 heteroatoms. The van der Waals surface area contributed by atoms with Crippen LogP contribution in [0.4, 0.5) is 0 Å². The number of aliphatic hydroxyl groups is 1. The number of hydrogen-bond donors (Lipinski definition) is 2. The molecule has 0 aromatic carbocycles. The van der Waals surface area contributed by atoms with Crippen LogP contribution in [0.15, 0.2) is 0 Å². The quantitative estimate of drug-likeness (QED) is 0.608. The van der Waals surface area contributed by atoms with Crippen molar-refractivity contribution in [2.24, 2.45) is 5.92 Å². The van der Waals surface area contributed by atoms with Gasteiger partial charge >= 0.3 is 0 Å². The van der Waals surface area contributed by atoms with Gasteiger partial charge in [0.2, 0.25) is 0 Å². The fourth-order valence-electron chi connectivity index (χ4n) is 2.48. The smallest absolute Gasteiger partial charge is 0.0697 e. The van der Waals surface area contributed by atoms with E-state index < -0.39 is 0 Å². The number of nitrogens with zero attached hydrogens (tertiary/aromatic N) is 1. The van der Waals surface area contributed by atoms with Crippen LogP contribution in [0.1, 0.15) is 33.1 Å². The zero-order valence-corrected chi connectivity index (χ0v) is 12.0. The Labute approximate surface area is 112 Å². The predicted molar refractivity (Wildman–Crippen MR) is 74.8 cm³/mol. The first-order valence-electron chi connectivity index (χ1n) is 7.36. The molecular weight excluding hydrogens is 228 g/mol. The first kappa shape index (κ1) is 15.9. The number of rotatable bonds is 9. The van der Waals surface area contributed by atoms with Crippen LogP contribution in [0.3, 0.4) is 0 Å². The van der Waals surface area contributed by atoms with Crippen LogP contribution in [0.2, 0.25) is 0 Å². The van der Waals surface area contributed by atoms with Crippen LogP contribution in [-0.2, 0) is 4.74 Å². The van der Waals surface area contributed by atoms with Gasteiger partial charge in [-0.05, 0) is 44.8 Å². The van der Waals surface area contributed by atoms with Gasteiger partial charge in [0, 0.05) is 19.2 Å². The van der Waals surface area contributed by atoms with Crippen LogP contribution >= 0.6 is 0 Å². The van der Waals surface area contributed by atoms with E-state index in [2.05, 4.69) is 24.1 Å². The Bertz CT molecular complexity index is 192. The van der Waals surface area contributed by atoms with E-state index in [4.69, 9.17) is 9.84 Å². The Hall–Kier alpha value is -0.160. The van der Waals surface area contributed by atoms with E-state index in [1.54, 1.807) is 0 Å². The second kappa shape index (κ2) is 9.73. The van der Waals surface area contributed by atoms with E-state index in [1.165, 1.54) is 32.5 Å². The number of likely N-dealkylation sites (tertiary alicyclic amines) is 1. The summed E-state index contributed by atoms with van der Waals surface area (Å²) in [4.78, 5) is 2.58. The second-order valence-corrected chi connectivity index (χ2v) is 5.61. The molecule has 4 nitrogen and oxygen atoms in total. The average molecular weight is 258 g/mol. The Balaban J connectivity index is 1.95. The molecule has 2 N–H and O–H groups in total. The molecule has 18 heavy (non-hydrogen) atoms. The van der Waals surface area contributed by atoms with Gasteiger partial charge in [0.1, 0.15) is 0 Å². The lowest BCUT2D eigenvalue weighted by atomic mass is 10.0. The topological polar surface area (TPSA) is 44.7 Å². The van der Waals surface area contributed by atoms with E-state index in [9.17, 15) is 0 Å². The fraction of sp³-hybridized carbons (Fsp3) is 1.00. The summed E-state index contributed by atoms with van der Waals surface area (Å²) in [6.45, 7) is 10.7. The SMILES string of the molecule is CC(C)CN1CCC(NCCCOCCO)CC1. The zero-order chi connectivity index (χ0) is 13.2. The van der Waals surface area contributed by atoms with E-state index in [1.807, 2.05) is 0 Å². The highest BCUT2D eigenvalue weighted by molar-refractivity contribution is 4.77. The standard InChI is InChI=1S/C14H30N2O2/c1-13(2)12-16-7-4-14(5-8-16)15-6-3-10-18-11-9-17/h13-15,17H,3-12H2,1-2H3. The van der Waals surface area contributed by atoms with Crippen molar-refractivity contribution in [3.05, 3.63) is 0 Å². The molecule has 0 amide bonds. The zero-order valence-electron chi connectivity index (χ0n) is 12.0. The Kier molecular flexibility index (Phi) is 8.59. The second-order valence-electron chi connectivity index (χ2n) is 5.61. The summed E-state index contributed by atoms with van der Waals surface area (Å²) < 4.78 is 5.23. The van der Waals surface area contributed by atoms with E-state index in [-0.39, 0.29) is 6.61 Å². The summed E-state index contributed by atoms with van der Waals surface area (Å²) in [5.74, 6) is 0.776. The molecule has 1 aliphatic rings. The third-order valence-corrected chi connectivity index (χ3v) is 3.35. The average Bonchev–Trinajstić information content (AvgIpc) is 2.35. The number of aliphatic hydroxyl groups excluding tert-OH is 1. The Morgan fingerprint density at radius 1 is 1.28 bits per heavy atom. The van der Waals surface area contributed by atoms with Crippen molar-refractivity contribution < 1.29 is 9.84 Å². The lowest BCUT2D eigenvalue weighted by Gasteiger charge is -2.33. The van der Waals surface area contributed by atoms with E-state index in [0.717, 1.165) is 25.5 Å². The molecule has 1 rings (SSSR count). The van der Waals surface area contributed by atoms with Gasteiger partial charge in [0.05, 0.1) is 13.2 Å². The van der Waals surface area contributed by atoms with Crippen molar-refractivity contribution in [1.29, 1.82) is 0 Å². The summed E-state index contributed by atoms with van der Waals surface area (Å²) in [6, 6.07) is 0.686. The van der Waals surface area contributed by atoms with Gasteiger partial charge in [-0.25, -0.2) is 0 Å². The van der Waals surface area contributed by atoms with Gasteiger partial charge in [-0.15, -0.1) is 0 Å². The van der Waals surface area contributed by atoms with Crippen LogP contribution in [0, 0.1) is 5.92 Å². The van der Waals surface area contributed by atoms with Gasteiger partial charge in [0.15, 0.2) is 0 Å². The van der Waals surface area contributed by atoms with Crippen LogP contribution in [0.5, 0.6) is 0 Å². The lowest BCUT2D eigenvalue weighted by Crippen LogP contribution is -2.43. The molecule has 1 fully saturated rings. The molecule has 0 aromatic rings. The summed E-state index contributed by atoms with van der Waals surface area (Å²) in [7, 11) is 0. The highest BCUT2D eigenvalue weighted by Gasteiger charge is 2.18. The molecule has 1 heterocycles. The Morgan fingerprint density at radius 3 is 2.61 bits per heavy atom. The first-order valence-corrected chi connectivity index (χ1v) is 7.36. The molecule has 0 saturated carbocycles. The van der Waals surface area contributed by atoms with Crippen molar-refractivity contribution >= 4 is 0 Å². The lowest BCUT2D eigenvalue weighted by molar-refractivity contribution is 0.0896. The molecule has 1 saturated heterocycles. The van der Waals surface area contributed by atoms with Crippen molar-refractivity contribution in [2.45, 2.75) is 39.2 Å². The highest BCUT2D eigenvalue weighted by Crippen LogP contribution is 2.11. The molecule has 1 aliphatic heterocycles. The summed E-state index contributed by atoms with van der Waals surface area (Å²) in [5, 5.41) is 12.2. The monoisotopic (exact) mass is 258 g/mol. The molecule has 0 aromatic heterocycles. The molecule has 0 unspecified atom stereocenters. The van der Waals surface area contributed by atoms with Gasteiger partial charge in [-0.3, -0.25) is 0 Å². The van der Waals surface area contributed by atoms with Gasteiger partial charge in [-0.2, -0.15) is 0 Å². The number of piperidine rings is 1. The number of nitrogens with one attached hydrogen (secondary N) is 1. The molecule has 0 radical (unpaired) electrons. The first-order chi connectivity index (χ1) is 8.72. The van der Waals surface area contributed by atoms with Gasteiger partial charge in [0.25, 0.3) is 0 Å². The van der Waals surface area contributed by atoms with Crippen LogP contribution in [0.25, 0.3) is 0 Å². The normalized spacial score (nSPS) is 18.7. The Morgan fingerprint density at radius 2 is 2.00 bits per heavy atom. The van der Waals surface area contributed by atoms with E-state index >= 15 is 0 Å². The van der Waals surface area contributed by atoms with Crippen molar-refractivity contribution in [3.63, 3.8) is 0 Å².